The van der Waals surface area contributed by atoms with Gasteiger partial charge in [0, 0.05) is 11.4 Å². The van der Waals surface area contributed by atoms with Crippen LogP contribution in [0.5, 0.6) is 0 Å². The van der Waals surface area contributed by atoms with E-state index in [1.54, 1.807) is 12.1 Å². The molecular weight excluding hydrogens is 347 g/mol. The lowest BCUT2D eigenvalue weighted by molar-refractivity contribution is -1.00. The third-order valence-corrected chi connectivity index (χ3v) is 4.65. The Hall–Kier alpha value is -2.77. The minimum absolute atomic E-state index is 0.00324. The number of nitrogens with one attached hydrogen (secondary N) is 4. The lowest BCUT2D eigenvalue weighted by Gasteiger charge is -2.28. The summed E-state index contributed by atoms with van der Waals surface area (Å²) in [4.78, 5) is 26.7. The standard InChI is InChI=1S/C20H23FN4O2/c21-16-5-4-8-18(13-16)23-20(27)15-25-11-9-24(10-12-25)14-19(26)22-17-6-2-1-3-7-17/h1-8,13H,9-12,14-15H2,(H,22,26)(H,23,27)/p+2. The van der Waals surface area contributed by atoms with Crippen LogP contribution in [0.1, 0.15) is 0 Å². The van der Waals surface area contributed by atoms with E-state index in [9.17, 15) is 14.0 Å². The number of hydrogen-bond acceptors (Lipinski definition) is 2. The summed E-state index contributed by atoms with van der Waals surface area (Å²) in [6, 6.07) is 15.3. The maximum atomic E-state index is 13.2. The molecule has 3 rings (SSSR count). The van der Waals surface area contributed by atoms with Gasteiger partial charge in [0.2, 0.25) is 0 Å². The van der Waals surface area contributed by atoms with Crippen LogP contribution in [0.15, 0.2) is 54.6 Å². The molecule has 1 aliphatic rings. The molecule has 7 heteroatoms. The van der Waals surface area contributed by atoms with Crippen molar-refractivity contribution in [1.82, 2.24) is 0 Å². The molecule has 1 saturated heterocycles. The first-order chi connectivity index (χ1) is 13.1. The number of hydrogen-bond donors (Lipinski definition) is 4. The fourth-order valence-electron chi connectivity index (χ4n) is 3.26. The van der Waals surface area contributed by atoms with Gasteiger partial charge in [0.1, 0.15) is 32.0 Å². The number of piperazine rings is 1. The molecule has 6 nitrogen and oxygen atoms in total. The van der Waals surface area contributed by atoms with Crippen molar-refractivity contribution >= 4 is 23.2 Å². The number of quaternary nitrogens is 2. The van der Waals surface area contributed by atoms with Gasteiger partial charge in [-0.05, 0) is 30.3 Å². The lowest BCUT2D eigenvalue weighted by atomic mass is 10.2. The highest BCUT2D eigenvalue weighted by atomic mass is 19.1. The van der Waals surface area contributed by atoms with Gasteiger partial charge in [-0.1, -0.05) is 24.3 Å². The van der Waals surface area contributed by atoms with Gasteiger partial charge in [-0.25, -0.2) is 4.39 Å². The van der Waals surface area contributed by atoms with Crippen LogP contribution in [0.2, 0.25) is 0 Å². The molecule has 0 aliphatic carbocycles. The average molecular weight is 372 g/mol. The van der Waals surface area contributed by atoms with Gasteiger partial charge in [-0.3, -0.25) is 9.59 Å². The monoisotopic (exact) mass is 372 g/mol. The van der Waals surface area contributed by atoms with E-state index in [0.717, 1.165) is 31.9 Å². The van der Waals surface area contributed by atoms with Crippen LogP contribution < -0.4 is 20.4 Å². The van der Waals surface area contributed by atoms with E-state index in [0.29, 0.717) is 18.8 Å². The van der Waals surface area contributed by atoms with Crippen LogP contribution >= 0.6 is 0 Å². The molecular formula is C20H25FN4O2+2. The second kappa shape index (κ2) is 9.25. The van der Waals surface area contributed by atoms with Crippen LogP contribution in [0.25, 0.3) is 0 Å². The number of carbonyl (C=O) groups is 2. The summed E-state index contributed by atoms with van der Waals surface area (Å²) >= 11 is 0. The number of carbonyl (C=O) groups excluding carboxylic acids is 2. The van der Waals surface area contributed by atoms with Gasteiger partial charge in [0.05, 0.1) is 0 Å². The molecule has 0 unspecified atom stereocenters. The third-order valence-electron chi connectivity index (χ3n) is 4.65. The third kappa shape index (κ3) is 6.16. The van der Waals surface area contributed by atoms with Crippen LogP contribution in [-0.2, 0) is 9.59 Å². The van der Waals surface area contributed by atoms with Crippen LogP contribution in [0.4, 0.5) is 15.8 Å². The molecule has 4 N–H and O–H groups in total. The number of benzene rings is 2. The highest BCUT2D eigenvalue weighted by Crippen LogP contribution is 2.08. The van der Waals surface area contributed by atoms with Gasteiger partial charge in [0.25, 0.3) is 11.8 Å². The fourth-order valence-corrected chi connectivity index (χ4v) is 3.26. The zero-order valence-corrected chi connectivity index (χ0v) is 15.1. The van der Waals surface area contributed by atoms with E-state index in [1.807, 2.05) is 30.3 Å². The quantitative estimate of drug-likeness (QED) is 0.536. The predicted octanol–water partition coefficient (Wildman–Crippen LogP) is -0.814. The number of rotatable bonds is 6. The van der Waals surface area contributed by atoms with Gasteiger partial charge >= 0.3 is 0 Å². The first-order valence-electron chi connectivity index (χ1n) is 9.16. The fraction of sp³-hybridized carbons (Fsp3) is 0.300. The number of para-hydroxylation sites is 1. The normalized spacial score (nSPS) is 19.3. The molecule has 142 valence electrons. The van der Waals surface area contributed by atoms with Crippen molar-refractivity contribution in [2.24, 2.45) is 0 Å². The highest BCUT2D eigenvalue weighted by Gasteiger charge is 2.26. The Labute approximate surface area is 158 Å². The second-order valence-electron chi connectivity index (χ2n) is 6.83. The van der Waals surface area contributed by atoms with Crippen molar-refractivity contribution in [1.29, 1.82) is 0 Å². The van der Waals surface area contributed by atoms with Gasteiger partial charge < -0.3 is 20.4 Å². The molecule has 2 aromatic rings. The summed E-state index contributed by atoms with van der Waals surface area (Å²) in [5.74, 6) is -0.490. The Balaban J connectivity index is 1.38. The molecule has 0 aromatic heterocycles. The zero-order valence-electron chi connectivity index (χ0n) is 15.1. The van der Waals surface area contributed by atoms with Crippen molar-refractivity contribution in [2.45, 2.75) is 0 Å². The molecule has 0 spiro atoms. The number of halogens is 1. The number of anilines is 2. The van der Waals surface area contributed by atoms with Crippen molar-refractivity contribution in [3.05, 3.63) is 60.4 Å². The summed E-state index contributed by atoms with van der Waals surface area (Å²) in [5, 5.41) is 5.63. The zero-order chi connectivity index (χ0) is 19.1. The molecule has 2 aromatic carbocycles. The summed E-state index contributed by atoms with van der Waals surface area (Å²) < 4.78 is 13.2. The topological polar surface area (TPSA) is 67.1 Å². The molecule has 0 radical (unpaired) electrons. The van der Waals surface area contributed by atoms with Crippen molar-refractivity contribution in [3.63, 3.8) is 0 Å². The van der Waals surface area contributed by atoms with E-state index in [4.69, 9.17) is 0 Å². The Morgan fingerprint density at radius 1 is 0.778 bits per heavy atom. The molecule has 0 atom stereocenters. The average Bonchev–Trinajstić information content (AvgIpc) is 2.64. The highest BCUT2D eigenvalue weighted by molar-refractivity contribution is 5.91. The van der Waals surface area contributed by atoms with E-state index in [1.165, 1.54) is 21.9 Å². The van der Waals surface area contributed by atoms with Crippen molar-refractivity contribution in [2.75, 3.05) is 49.9 Å². The Morgan fingerprint density at radius 2 is 1.30 bits per heavy atom. The largest absolute Gasteiger partial charge is 0.321 e. The smallest absolute Gasteiger partial charge is 0.279 e. The Morgan fingerprint density at radius 3 is 1.85 bits per heavy atom. The van der Waals surface area contributed by atoms with E-state index < -0.39 is 0 Å². The lowest BCUT2D eigenvalue weighted by Crippen LogP contribution is -3.28. The minimum atomic E-state index is -0.369. The van der Waals surface area contributed by atoms with Crippen molar-refractivity contribution in [3.8, 4) is 0 Å². The van der Waals surface area contributed by atoms with Gasteiger partial charge in [-0.2, -0.15) is 0 Å². The molecule has 0 bridgehead atoms. The van der Waals surface area contributed by atoms with Crippen LogP contribution in [0.3, 0.4) is 0 Å². The van der Waals surface area contributed by atoms with Crippen LogP contribution in [-0.4, -0.2) is 51.1 Å². The Kier molecular flexibility index (Phi) is 6.51. The van der Waals surface area contributed by atoms with Gasteiger partial charge in [-0.15, -0.1) is 0 Å². The summed E-state index contributed by atoms with van der Waals surface area (Å²) in [7, 11) is 0. The second-order valence-corrected chi connectivity index (χ2v) is 6.83. The predicted molar refractivity (Wildman–Crippen MR) is 101 cm³/mol. The maximum absolute atomic E-state index is 13.2. The van der Waals surface area contributed by atoms with E-state index in [2.05, 4.69) is 10.6 Å². The Bertz CT molecular complexity index is 777. The molecule has 0 saturated carbocycles. The molecule has 1 aliphatic heterocycles. The molecule has 1 fully saturated rings. The molecule has 2 amide bonds. The van der Waals surface area contributed by atoms with Crippen LogP contribution in [0, 0.1) is 5.82 Å². The van der Waals surface area contributed by atoms with Crippen molar-refractivity contribution < 1.29 is 23.8 Å². The molecule has 1 heterocycles. The first kappa shape index (κ1) is 19.0. The maximum Gasteiger partial charge on any atom is 0.279 e. The first-order valence-corrected chi connectivity index (χ1v) is 9.16. The number of amides is 2. The summed E-state index contributed by atoms with van der Waals surface area (Å²) in [6.07, 6.45) is 0. The SMILES string of the molecule is O=C(C[NH+]1CC[NH+](CC(=O)Nc2cccc(F)c2)CC1)Nc1ccccc1. The molecule has 27 heavy (non-hydrogen) atoms. The van der Waals surface area contributed by atoms with Gasteiger partial charge in [0.15, 0.2) is 13.1 Å². The summed E-state index contributed by atoms with van der Waals surface area (Å²) in [6.45, 7) is 4.10. The minimum Gasteiger partial charge on any atom is -0.321 e. The van der Waals surface area contributed by atoms with E-state index in [-0.39, 0.29) is 17.6 Å². The van der Waals surface area contributed by atoms with E-state index >= 15 is 0 Å². The summed E-state index contributed by atoms with van der Waals surface area (Å²) in [5.41, 5.74) is 1.28.